The number of hydrogen-bond acceptors (Lipinski definition) is 3. The second-order valence-corrected chi connectivity index (χ2v) is 4.89. The summed E-state index contributed by atoms with van der Waals surface area (Å²) in [5, 5.41) is 9.99. The molecule has 1 aromatic rings. The molecule has 2 rings (SSSR count). The summed E-state index contributed by atoms with van der Waals surface area (Å²) in [4.78, 5) is 11.9. The number of carbonyl (C=O) groups is 1. The van der Waals surface area contributed by atoms with Crippen LogP contribution in [0.4, 0.5) is 0 Å². The summed E-state index contributed by atoms with van der Waals surface area (Å²) < 4.78 is 7.09. The van der Waals surface area contributed by atoms with Gasteiger partial charge in [-0.1, -0.05) is 0 Å². The van der Waals surface area contributed by atoms with E-state index in [0.717, 1.165) is 36.2 Å². The third kappa shape index (κ3) is 2.17. The molecule has 0 fully saturated rings. The number of ether oxygens (including phenoxy) is 1. The number of aromatic nitrogens is 1. The summed E-state index contributed by atoms with van der Waals surface area (Å²) in [6, 6.07) is 1.67. The fraction of sp³-hybridized carbons (Fsp3) is 0.643. The maximum Gasteiger partial charge on any atom is 0.328 e. The molecule has 18 heavy (non-hydrogen) atoms. The van der Waals surface area contributed by atoms with Crippen molar-refractivity contribution in [2.75, 3.05) is 6.61 Å². The van der Waals surface area contributed by atoms with Crippen LogP contribution >= 0.6 is 0 Å². The van der Waals surface area contributed by atoms with E-state index in [0.29, 0.717) is 6.61 Å². The van der Waals surface area contributed by atoms with Gasteiger partial charge in [0.2, 0.25) is 0 Å². The van der Waals surface area contributed by atoms with Crippen LogP contribution in [0.1, 0.15) is 55.8 Å². The third-order valence-corrected chi connectivity index (χ3v) is 3.63. The van der Waals surface area contributed by atoms with Crippen LogP contribution in [-0.4, -0.2) is 22.2 Å². The molecule has 1 aliphatic rings. The molecule has 100 valence electrons. The molecule has 0 radical (unpaired) electrons. The minimum absolute atomic E-state index is 0.209. The summed E-state index contributed by atoms with van der Waals surface area (Å²) in [7, 11) is 0. The van der Waals surface area contributed by atoms with Gasteiger partial charge in [-0.3, -0.25) is 0 Å². The van der Waals surface area contributed by atoms with Gasteiger partial charge in [0, 0.05) is 17.0 Å². The molecule has 0 spiro atoms. The van der Waals surface area contributed by atoms with Crippen LogP contribution in [0.5, 0.6) is 0 Å². The van der Waals surface area contributed by atoms with E-state index < -0.39 is 0 Å². The largest absolute Gasteiger partial charge is 0.464 e. The summed E-state index contributed by atoms with van der Waals surface area (Å²) >= 11 is 0. The Balaban J connectivity index is 2.36. The van der Waals surface area contributed by atoms with E-state index >= 15 is 0 Å². The average molecular weight is 251 g/mol. The molecule has 0 aliphatic heterocycles. The lowest BCUT2D eigenvalue weighted by Gasteiger charge is -2.23. The number of aliphatic hydroxyl groups excluding tert-OH is 1. The molecule has 0 saturated carbocycles. The number of aliphatic hydroxyl groups is 1. The number of rotatable bonds is 3. The molecular weight excluding hydrogens is 230 g/mol. The molecular formula is C14H21NO3. The third-order valence-electron chi connectivity index (χ3n) is 3.63. The molecule has 2 atom stereocenters. The first-order valence-electron chi connectivity index (χ1n) is 6.61. The summed E-state index contributed by atoms with van der Waals surface area (Å²) in [5.74, 6) is -0.209. The zero-order valence-electron chi connectivity index (χ0n) is 11.3. The van der Waals surface area contributed by atoms with Crippen LogP contribution < -0.4 is 0 Å². The lowest BCUT2D eigenvalue weighted by Crippen LogP contribution is -2.23. The van der Waals surface area contributed by atoms with Gasteiger partial charge in [0.25, 0.3) is 0 Å². The van der Waals surface area contributed by atoms with Gasteiger partial charge < -0.3 is 14.4 Å². The van der Waals surface area contributed by atoms with Gasteiger partial charge in [0.05, 0.1) is 12.7 Å². The monoisotopic (exact) mass is 251 g/mol. The Kier molecular flexibility index (Phi) is 3.76. The Morgan fingerprint density at radius 2 is 2.39 bits per heavy atom. The Morgan fingerprint density at radius 3 is 3.06 bits per heavy atom. The minimum atomic E-state index is -0.386. The van der Waals surface area contributed by atoms with E-state index in [9.17, 15) is 9.90 Å². The molecule has 4 heteroatoms. The van der Waals surface area contributed by atoms with Crippen molar-refractivity contribution in [2.24, 2.45) is 0 Å². The Hall–Kier alpha value is -1.29. The lowest BCUT2D eigenvalue weighted by atomic mass is 9.95. The van der Waals surface area contributed by atoms with E-state index in [1.807, 2.05) is 31.4 Å². The van der Waals surface area contributed by atoms with Crippen LogP contribution in [0.2, 0.25) is 0 Å². The molecule has 0 aromatic carbocycles. The molecule has 2 unspecified atom stereocenters. The van der Waals surface area contributed by atoms with Crippen molar-refractivity contribution >= 4 is 5.97 Å². The van der Waals surface area contributed by atoms with Crippen LogP contribution in [0.15, 0.2) is 6.07 Å². The second kappa shape index (κ2) is 5.14. The van der Waals surface area contributed by atoms with E-state index in [2.05, 4.69) is 0 Å². The molecule has 1 aliphatic carbocycles. The van der Waals surface area contributed by atoms with Crippen molar-refractivity contribution in [3.05, 3.63) is 23.0 Å². The molecule has 0 amide bonds. The maximum absolute atomic E-state index is 11.9. The van der Waals surface area contributed by atoms with Crippen molar-refractivity contribution in [1.29, 1.82) is 0 Å². The summed E-state index contributed by atoms with van der Waals surface area (Å²) in [6.45, 7) is 6.04. The molecule has 1 N–H and O–H groups in total. The van der Waals surface area contributed by atoms with Crippen molar-refractivity contribution < 1.29 is 14.6 Å². The van der Waals surface area contributed by atoms with Crippen molar-refractivity contribution in [3.63, 3.8) is 0 Å². The van der Waals surface area contributed by atoms with Crippen molar-refractivity contribution in [1.82, 2.24) is 4.57 Å². The SMILES string of the molecule is CCOC(=O)C(C)n1c(C)cc2c1CCCC2O. The van der Waals surface area contributed by atoms with Gasteiger partial charge in [-0.15, -0.1) is 0 Å². The van der Waals surface area contributed by atoms with E-state index in [1.165, 1.54) is 0 Å². The summed E-state index contributed by atoms with van der Waals surface area (Å²) in [5.41, 5.74) is 3.09. The second-order valence-electron chi connectivity index (χ2n) is 4.89. The van der Waals surface area contributed by atoms with E-state index in [-0.39, 0.29) is 18.1 Å². The highest BCUT2D eigenvalue weighted by Gasteiger charge is 2.27. The van der Waals surface area contributed by atoms with Gasteiger partial charge in [-0.2, -0.15) is 0 Å². The topological polar surface area (TPSA) is 51.5 Å². The number of nitrogens with zero attached hydrogens (tertiary/aromatic N) is 1. The highest BCUT2D eigenvalue weighted by atomic mass is 16.5. The minimum Gasteiger partial charge on any atom is -0.464 e. The highest BCUT2D eigenvalue weighted by Crippen LogP contribution is 2.34. The van der Waals surface area contributed by atoms with Crippen LogP contribution in [0.25, 0.3) is 0 Å². The fourth-order valence-electron chi connectivity index (χ4n) is 2.81. The normalized spacial score (nSPS) is 20.3. The van der Waals surface area contributed by atoms with Crippen molar-refractivity contribution in [3.8, 4) is 0 Å². The Bertz CT molecular complexity index is 450. The predicted molar refractivity (Wildman–Crippen MR) is 68.4 cm³/mol. The van der Waals surface area contributed by atoms with Crippen LogP contribution in [0.3, 0.4) is 0 Å². The predicted octanol–water partition coefficient (Wildman–Crippen LogP) is 2.29. The fourth-order valence-corrected chi connectivity index (χ4v) is 2.81. The van der Waals surface area contributed by atoms with Gasteiger partial charge in [-0.05, 0) is 46.1 Å². The van der Waals surface area contributed by atoms with Gasteiger partial charge in [-0.25, -0.2) is 4.79 Å². The number of aryl methyl sites for hydroxylation is 1. The number of fused-ring (bicyclic) bond motifs is 1. The zero-order valence-corrected chi connectivity index (χ0v) is 11.3. The smallest absolute Gasteiger partial charge is 0.328 e. The lowest BCUT2D eigenvalue weighted by molar-refractivity contribution is -0.146. The maximum atomic E-state index is 11.9. The number of carbonyl (C=O) groups excluding carboxylic acids is 1. The van der Waals surface area contributed by atoms with Crippen molar-refractivity contribution in [2.45, 2.75) is 52.2 Å². The quantitative estimate of drug-likeness (QED) is 0.839. The molecule has 1 aromatic heterocycles. The van der Waals surface area contributed by atoms with Gasteiger partial charge in [0.15, 0.2) is 0 Å². The van der Waals surface area contributed by atoms with E-state index in [1.54, 1.807) is 0 Å². The first-order chi connectivity index (χ1) is 8.56. The molecule has 4 nitrogen and oxygen atoms in total. The average Bonchev–Trinajstić information content (AvgIpc) is 2.66. The molecule has 0 saturated heterocycles. The first-order valence-corrected chi connectivity index (χ1v) is 6.61. The number of hydrogen-bond donors (Lipinski definition) is 1. The molecule has 1 heterocycles. The Morgan fingerprint density at radius 1 is 1.67 bits per heavy atom. The Labute approximate surface area is 108 Å². The van der Waals surface area contributed by atoms with Crippen LogP contribution in [0, 0.1) is 6.92 Å². The van der Waals surface area contributed by atoms with E-state index in [4.69, 9.17) is 4.74 Å². The molecule has 0 bridgehead atoms. The first kappa shape index (κ1) is 13.1. The number of esters is 1. The summed E-state index contributed by atoms with van der Waals surface area (Å²) in [6.07, 6.45) is 2.31. The van der Waals surface area contributed by atoms with Gasteiger partial charge >= 0.3 is 5.97 Å². The zero-order chi connectivity index (χ0) is 13.3. The standard InChI is InChI=1S/C14H21NO3/c1-4-18-14(17)10(3)15-9(2)8-11-12(15)6-5-7-13(11)16/h8,10,13,16H,4-7H2,1-3H3. The highest BCUT2D eigenvalue weighted by molar-refractivity contribution is 5.74. The van der Waals surface area contributed by atoms with Crippen LogP contribution in [-0.2, 0) is 16.0 Å². The van der Waals surface area contributed by atoms with Gasteiger partial charge in [0.1, 0.15) is 6.04 Å².